The van der Waals surface area contributed by atoms with Crippen LogP contribution in [0.5, 0.6) is 0 Å². The predicted octanol–water partition coefficient (Wildman–Crippen LogP) is 4.09. The lowest BCUT2D eigenvalue weighted by Gasteiger charge is -2.06. The molecule has 0 bridgehead atoms. The van der Waals surface area contributed by atoms with Gasteiger partial charge in [0.15, 0.2) is 0 Å². The molecule has 3 aromatic rings. The van der Waals surface area contributed by atoms with Gasteiger partial charge in [-0.1, -0.05) is 32.0 Å². The summed E-state index contributed by atoms with van der Waals surface area (Å²) in [5, 5.41) is 1.32. The molecule has 88 valence electrons. The Hall–Kier alpha value is -1.70. The van der Waals surface area contributed by atoms with Crippen molar-refractivity contribution >= 4 is 21.9 Å². The molecule has 17 heavy (non-hydrogen) atoms. The van der Waals surface area contributed by atoms with Crippen LogP contribution in [-0.4, -0.2) is 9.55 Å². The Morgan fingerprint density at radius 3 is 2.59 bits per heavy atom. The highest BCUT2D eigenvalue weighted by Crippen LogP contribution is 2.34. The molecule has 0 fully saturated rings. The molecule has 0 unspecified atom stereocenters. The van der Waals surface area contributed by atoms with Gasteiger partial charge >= 0.3 is 0 Å². The van der Waals surface area contributed by atoms with E-state index in [0.717, 1.165) is 0 Å². The zero-order chi connectivity index (χ0) is 12.2. The molecular weight excluding hydrogens is 208 g/mol. The van der Waals surface area contributed by atoms with Crippen LogP contribution in [0.4, 0.5) is 0 Å². The monoisotopic (exact) mass is 226 g/mol. The van der Waals surface area contributed by atoms with E-state index in [2.05, 4.69) is 61.6 Å². The second kappa shape index (κ2) is 3.39. The smallest absolute Gasteiger partial charge is 0.0721 e. The maximum Gasteiger partial charge on any atom is 0.0721 e. The van der Waals surface area contributed by atoms with Gasteiger partial charge in [0, 0.05) is 18.1 Å². The number of para-hydroxylation sites is 1. The Labute approximate surface area is 101 Å². The molecule has 0 aliphatic rings. The van der Waals surface area contributed by atoms with E-state index in [1.807, 2.05) is 0 Å². The van der Waals surface area contributed by atoms with Gasteiger partial charge in [-0.3, -0.25) is 0 Å². The lowest BCUT2D eigenvalue weighted by molar-refractivity contribution is 0.851. The van der Waals surface area contributed by atoms with Crippen LogP contribution in [0.25, 0.3) is 21.9 Å². The van der Waals surface area contributed by atoms with E-state index in [1.54, 1.807) is 0 Å². The van der Waals surface area contributed by atoms with Crippen LogP contribution in [-0.2, 0) is 7.05 Å². The fraction of sp³-hybridized carbons (Fsp3) is 0.333. The van der Waals surface area contributed by atoms with Crippen LogP contribution in [0.15, 0.2) is 24.3 Å². The fourth-order valence-electron chi connectivity index (χ4n) is 2.97. The van der Waals surface area contributed by atoms with Crippen LogP contribution < -0.4 is 0 Å². The maximum atomic E-state index is 3.55. The Balaban J connectivity index is 2.56. The largest absolute Gasteiger partial charge is 0.357 e. The maximum absolute atomic E-state index is 3.55. The van der Waals surface area contributed by atoms with Crippen LogP contribution in [0, 0.1) is 6.92 Å². The summed E-state index contributed by atoms with van der Waals surface area (Å²) in [5.41, 5.74) is 6.68. The fourth-order valence-corrected chi connectivity index (χ4v) is 2.97. The highest BCUT2D eigenvalue weighted by molar-refractivity contribution is 6.07. The number of fused-ring (bicyclic) bond motifs is 3. The van der Waals surface area contributed by atoms with Crippen LogP contribution in [0.1, 0.15) is 31.0 Å². The molecule has 0 saturated heterocycles. The van der Waals surface area contributed by atoms with Crippen molar-refractivity contribution in [1.29, 1.82) is 0 Å². The first-order chi connectivity index (χ1) is 8.11. The van der Waals surface area contributed by atoms with Crippen molar-refractivity contribution in [2.75, 3.05) is 0 Å². The number of aromatic nitrogens is 2. The molecule has 0 atom stereocenters. The Bertz CT molecular complexity index is 698. The Morgan fingerprint density at radius 2 is 1.88 bits per heavy atom. The Kier molecular flexibility index (Phi) is 2.09. The van der Waals surface area contributed by atoms with Crippen molar-refractivity contribution in [3.05, 3.63) is 35.5 Å². The van der Waals surface area contributed by atoms with Crippen molar-refractivity contribution in [2.24, 2.45) is 7.05 Å². The van der Waals surface area contributed by atoms with Crippen molar-refractivity contribution < 1.29 is 0 Å². The van der Waals surface area contributed by atoms with E-state index in [1.165, 1.54) is 33.2 Å². The Morgan fingerprint density at radius 1 is 1.18 bits per heavy atom. The zero-order valence-corrected chi connectivity index (χ0v) is 10.8. The van der Waals surface area contributed by atoms with E-state index in [9.17, 15) is 0 Å². The average molecular weight is 226 g/mol. The van der Waals surface area contributed by atoms with Crippen molar-refractivity contribution in [1.82, 2.24) is 9.55 Å². The van der Waals surface area contributed by atoms with Crippen molar-refractivity contribution in [3.63, 3.8) is 0 Å². The molecule has 2 heteroatoms. The van der Waals surface area contributed by atoms with E-state index in [4.69, 9.17) is 0 Å². The molecule has 0 radical (unpaired) electrons. The molecular formula is C15H18N2. The predicted molar refractivity (Wildman–Crippen MR) is 73.6 cm³/mol. The molecule has 1 aromatic carbocycles. The van der Waals surface area contributed by atoms with Crippen molar-refractivity contribution in [2.45, 2.75) is 26.7 Å². The van der Waals surface area contributed by atoms with Gasteiger partial charge in [-0.15, -0.1) is 0 Å². The third kappa shape index (κ3) is 1.27. The van der Waals surface area contributed by atoms with Gasteiger partial charge in [-0.2, -0.15) is 0 Å². The molecule has 2 heterocycles. The van der Waals surface area contributed by atoms with Crippen LogP contribution in [0.2, 0.25) is 0 Å². The third-order valence-electron chi connectivity index (χ3n) is 3.66. The number of H-pyrrole nitrogens is 1. The highest BCUT2D eigenvalue weighted by Gasteiger charge is 2.17. The summed E-state index contributed by atoms with van der Waals surface area (Å²) < 4.78 is 2.31. The SMILES string of the molecule is Cc1[nH]c2c3ccccc3n(C)c2c1C(C)C. The minimum Gasteiger partial charge on any atom is -0.357 e. The quantitative estimate of drug-likeness (QED) is 0.645. The highest BCUT2D eigenvalue weighted by atomic mass is 15.0. The topological polar surface area (TPSA) is 20.7 Å². The molecule has 0 amide bonds. The second-order valence-electron chi connectivity index (χ2n) is 5.12. The van der Waals surface area contributed by atoms with Gasteiger partial charge in [-0.05, 0) is 24.5 Å². The molecule has 0 aliphatic carbocycles. The number of aromatic amines is 1. The molecule has 0 saturated carbocycles. The first-order valence-electron chi connectivity index (χ1n) is 6.17. The molecule has 2 nitrogen and oxygen atoms in total. The molecule has 0 aliphatic heterocycles. The van der Waals surface area contributed by atoms with Gasteiger partial charge < -0.3 is 9.55 Å². The molecule has 1 N–H and O–H groups in total. The number of nitrogens with zero attached hydrogens (tertiary/aromatic N) is 1. The number of hydrogen-bond acceptors (Lipinski definition) is 0. The number of benzene rings is 1. The average Bonchev–Trinajstić information content (AvgIpc) is 2.76. The van der Waals surface area contributed by atoms with E-state index in [-0.39, 0.29) is 0 Å². The lowest BCUT2D eigenvalue weighted by atomic mass is 10.0. The van der Waals surface area contributed by atoms with Gasteiger partial charge in [0.1, 0.15) is 0 Å². The number of rotatable bonds is 1. The molecule has 3 rings (SSSR count). The minimum absolute atomic E-state index is 0.548. The molecule has 2 aromatic heterocycles. The second-order valence-corrected chi connectivity index (χ2v) is 5.12. The van der Waals surface area contributed by atoms with Gasteiger partial charge in [-0.25, -0.2) is 0 Å². The number of hydrogen-bond donors (Lipinski definition) is 1. The first kappa shape index (κ1) is 10.5. The standard InChI is InChI=1S/C15H18N2/c1-9(2)13-10(3)16-14-11-7-5-6-8-12(11)17(4)15(13)14/h5-9,16H,1-4H3. The van der Waals surface area contributed by atoms with Crippen molar-refractivity contribution in [3.8, 4) is 0 Å². The zero-order valence-electron chi connectivity index (χ0n) is 10.8. The van der Waals surface area contributed by atoms with E-state index >= 15 is 0 Å². The minimum atomic E-state index is 0.548. The summed E-state index contributed by atoms with van der Waals surface area (Å²) in [4.78, 5) is 3.55. The normalized spacial score (nSPS) is 12.1. The first-order valence-corrected chi connectivity index (χ1v) is 6.17. The summed E-state index contributed by atoms with van der Waals surface area (Å²) in [6.45, 7) is 6.69. The van der Waals surface area contributed by atoms with Gasteiger partial charge in [0.2, 0.25) is 0 Å². The number of aryl methyl sites for hydroxylation is 2. The lowest BCUT2D eigenvalue weighted by Crippen LogP contribution is -1.94. The van der Waals surface area contributed by atoms with Crippen LogP contribution in [0.3, 0.4) is 0 Å². The van der Waals surface area contributed by atoms with Gasteiger partial charge in [0.05, 0.1) is 16.6 Å². The van der Waals surface area contributed by atoms with Gasteiger partial charge in [0.25, 0.3) is 0 Å². The third-order valence-corrected chi connectivity index (χ3v) is 3.66. The summed E-state index contributed by atoms with van der Waals surface area (Å²) in [5.74, 6) is 0.548. The summed E-state index contributed by atoms with van der Waals surface area (Å²) in [6.07, 6.45) is 0. The van der Waals surface area contributed by atoms with E-state index < -0.39 is 0 Å². The summed E-state index contributed by atoms with van der Waals surface area (Å²) >= 11 is 0. The van der Waals surface area contributed by atoms with Crippen LogP contribution >= 0.6 is 0 Å². The summed E-state index contributed by atoms with van der Waals surface area (Å²) in [6, 6.07) is 8.58. The number of nitrogens with one attached hydrogen (secondary N) is 1. The van der Waals surface area contributed by atoms with E-state index in [0.29, 0.717) is 5.92 Å². The summed E-state index contributed by atoms with van der Waals surface area (Å²) in [7, 11) is 2.16. The molecule has 0 spiro atoms.